The molecule has 0 fully saturated rings. The highest BCUT2D eigenvalue weighted by Crippen LogP contribution is 2.40. The van der Waals surface area contributed by atoms with Crippen molar-refractivity contribution in [3.8, 4) is 0 Å². The van der Waals surface area contributed by atoms with E-state index < -0.39 is 14.4 Å². The minimum absolute atomic E-state index is 0.0456. The second-order valence-corrected chi connectivity index (χ2v) is 11.4. The van der Waals surface area contributed by atoms with Crippen molar-refractivity contribution in [2.24, 2.45) is 0 Å². The molecule has 0 bridgehead atoms. The van der Waals surface area contributed by atoms with Crippen molar-refractivity contribution in [1.29, 1.82) is 0 Å². The van der Waals surface area contributed by atoms with Gasteiger partial charge in [0, 0.05) is 0 Å². The van der Waals surface area contributed by atoms with Crippen LogP contribution >= 0.6 is 0 Å². The summed E-state index contributed by atoms with van der Waals surface area (Å²) < 4.78 is 11.2. The number of carbonyl (C=O) groups is 1. The van der Waals surface area contributed by atoms with Gasteiger partial charge in [0.25, 0.3) is 0 Å². The summed E-state index contributed by atoms with van der Waals surface area (Å²) in [6.07, 6.45) is -0.638. The summed E-state index contributed by atoms with van der Waals surface area (Å²) in [7, 11) is -0.643. The molecule has 1 aromatic rings. The summed E-state index contributed by atoms with van der Waals surface area (Å²) in [4.78, 5) is 12.1. The summed E-state index contributed by atoms with van der Waals surface area (Å²) in [5, 5.41) is 0.0456. The molecule has 1 unspecified atom stereocenters. The molecular formula is C16H26O3Si. The van der Waals surface area contributed by atoms with Crippen molar-refractivity contribution < 1.29 is 14.0 Å². The molecule has 0 spiro atoms. The number of carbonyl (C=O) groups excluding carboxylic acids is 1. The van der Waals surface area contributed by atoms with Gasteiger partial charge in [0.05, 0.1) is 7.11 Å². The molecule has 0 amide bonds. The Hall–Kier alpha value is -1.13. The Morgan fingerprint density at radius 3 is 2.05 bits per heavy atom. The van der Waals surface area contributed by atoms with Gasteiger partial charge in [0.1, 0.15) is 0 Å². The van der Waals surface area contributed by atoms with Gasteiger partial charge < -0.3 is 9.16 Å². The van der Waals surface area contributed by atoms with Crippen LogP contribution in [-0.2, 0) is 14.0 Å². The van der Waals surface area contributed by atoms with E-state index in [2.05, 4.69) is 33.9 Å². The molecule has 0 saturated heterocycles. The second-order valence-electron chi connectivity index (χ2n) is 6.69. The first-order valence-electron chi connectivity index (χ1n) is 6.91. The van der Waals surface area contributed by atoms with Gasteiger partial charge in [0.2, 0.25) is 0 Å². The smallest absolute Gasteiger partial charge is 0.338 e. The lowest BCUT2D eigenvalue weighted by atomic mass is 10.1. The molecule has 112 valence electrons. The number of hydrogen-bond donors (Lipinski definition) is 0. The third kappa shape index (κ3) is 3.93. The molecule has 0 radical (unpaired) electrons. The van der Waals surface area contributed by atoms with E-state index in [-0.39, 0.29) is 11.0 Å². The van der Waals surface area contributed by atoms with Crippen LogP contribution in [0.4, 0.5) is 0 Å². The summed E-state index contributed by atoms with van der Waals surface area (Å²) in [5.74, 6) is -0.335. The average Bonchev–Trinajstić information content (AvgIpc) is 2.35. The molecule has 1 rings (SSSR count). The Morgan fingerprint density at radius 2 is 1.65 bits per heavy atom. The van der Waals surface area contributed by atoms with E-state index in [0.29, 0.717) is 0 Å². The number of ether oxygens (including phenoxy) is 1. The molecule has 0 saturated carbocycles. The zero-order chi connectivity index (χ0) is 15.6. The number of rotatable bonds is 4. The van der Waals surface area contributed by atoms with Crippen molar-refractivity contribution in [1.82, 2.24) is 0 Å². The molecule has 0 aliphatic carbocycles. The highest BCUT2D eigenvalue weighted by atomic mass is 28.4. The fourth-order valence-electron chi connectivity index (χ4n) is 1.57. The highest BCUT2D eigenvalue weighted by Gasteiger charge is 2.41. The zero-order valence-corrected chi connectivity index (χ0v) is 14.6. The van der Waals surface area contributed by atoms with Gasteiger partial charge in [-0.1, -0.05) is 50.6 Å². The van der Waals surface area contributed by atoms with Crippen molar-refractivity contribution in [3.05, 3.63) is 35.4 Å². The number of aryl methyl sites for hydroxylation is 1. The third-order valence-electron chi connectivity index (χ3n) is 4.01. The summed E-state index contributed by atoms with van der Waals surface area (Å²) in [6.45, 7) is 12.8. The number of benzene rings is 1. The first kappa shape index (κ1) is 16.9. The molecule has 1 atom stereocenters. The fraction of sp³-hybridized carbons (Fsp3) is 0.562. The fourth-order valence-corrected chi connectivity index (χ4v) is 2.75. The van der Waals surface area contributed by atoms with Gasteiger partial charge in [-0.25, -0.2) is 4.79 Å². The van der Waals surface area contributed by atoms with Crippen molar-refractivity contribution in [2.45, 2.75) is 51.9 Å². The average molecular weight is 294 g/mol. The molecule has 0 N–H and O–H groups in total. The summed E-state index contributed by atoms with van der Waals surface area (Å²) in [5.41, 5.74) is 2.01. The van der Waals surface area contributed by atoms with Crippen LogP contribution in [0.5, 0.6) is 0 Å². The molecule has 3 nitrogen and oxygen atoms in total. The van der Waals surface area contributed by atoms with Gasteiger partial charge in [-0.2, -0.15) is 0 Å². The van der Waals surface area contributed by atoms with Crippen LogP contribution in [0.1, 0.15) is 38.0 Å². The lowest BCUT2D eigenvalue weighted by Gasteiger charge is -2.38. The number of esters is 1. The largest absolute Gasteiger partial charge is 0.467 e. The van der Waals surface area contributed by atoms with Gasteiger partial charge in [-0.3, -0.25) is 0 Å². The van der Waals surface area contributed by atoms with Gasteiger partial charge >= 0.3 is 5.97 Å². The minimum Gasteiger partial charge on any atom is -0.467 e. The SMILES string of the molecule is COC(=O)C(O[Si](C)(C)C(C)(C)C)c1ccc(C)cc1. The van der Waals surface area contributed by atoms with Crippen LogP contribution in [0.3, 0.4) is 0 Å². The minimum atomic E-state index is -2.04. The lowest BCUT2D eigenvalue weighted by molar-refractivity contribution is -0.149. The van der Waals surface area contributed by atoms with Crippen LogP contribution in [0.15, 0.2) is 24.3 Å². The summed E-state index contributed by atoms with van der Waals surface area (Å²) in [6, 6.07) is 7.84. The Labute approximate surface area is 123 Å². The highest BCUT2D eigenvalue weighted by molar-refractivity contribution is 6.74. The number of hydrogen-bond acceptors (Lipinski definition) is 3. The van der Waals surface area contributed by atoms with Gasteiger partial charge in [-0.15, -0.1) is 0 Å². The molecule has 0 aliphatic rings. The maximum absolute atomic E-state index is 12.1. The van der Waals surface area contributed by atoms with Crippen molar-refractivity contribution in [3.63, 3.8) is 0 Å². The molecule has 4 heteroatoms. The number of methoxy groups -OCH3 is 1. The van der Waals surface area contributed by atoms with E-state index in [1.807, 2.05) is 31.2 Å². The van der Waals surface area contributed by atoms with Crippen LogP contribution < -0.4 is 0 Å². The van der Waals surface area contributed by atoms with Crippen LogP contribution in [0.2, 0.25) is 18.1 Å². The second kappa shape index (κ2) is 6.10. The molecular weight excluding hydrogens is 268 g/mol. The standard InChI is InChI=1S/C16H26O3Si/c1-12-8-10-13(11-9-12)14(15(17)18-5)19-20(6,7)16(2,3)4/h8-11,14H,1-7H3. The van der Waals surface area contributed by atoms with Crippen LogP contribution in [0, 0.1) is 6.92 Å². The van der Waals surface area contributed by atoms with Crippen LogP contribution in [-0.4, -0.2) is 21.4 Å². The molecule has 0 aromatic heterocycles. The predicted molar refractivity (Wildman–Crippen MR) is 84.2 cm³/mol. The van der Waals surface area contributed by atoms with E-state index >= 15 is 0 Å². The Kier molecular flexibility index (Phi) is 5.16. The van der Waals surface area contributed by atoms with E-state index in [1.54, 1.807) is 0 Å². The first-order valence-corrected chi connectivity index (χ1v) is 9.81. The maximum atomic E-state index is 12.1. The normalized spacial score (nSPS) is 13.9. The predicted octanol–water partition coefficient (Wildman–Crippen LogP) is 4.23. The van der Waals surface area contributed by atoms with E-state index in [1.165, 1.54) is 7.11 Å². The van der Waals surface area contributed by atoms with Crippen LogP contribution in [0.25, 0.3) is 0 Å². The third-order valence-corrected chi connectivity index (χ3v) is 8.45. The molecule has 0 heterocycles. The Morgan fingerprint density at radius 1 is 1.15 bits per heavy atom. The van der Waals surface area contributed by atoms with Crippen molar-refractivity contribution in [2.75, 3.05) is 7.11 Å². The topological polar surface area (TPSA) is 35.5 Å². The quantitative estimate of drug-likeness (QED) is 0.616. The van der Waals surface area contributed by atoms with E-state index in [4.69, 9.17) is 9.16 Å². The maximum Gasteiger partial charge on any atom is 0.338 e. The zero-order valence-electron chi connectivity index (χ0n) is 13.6. The molecule has 0 aliphatic heterocycles. The van der Waals surface area contributed by atoms with Gasteiger partial charge in [0.15, 0.2) is 14.4 Å². The monoisotopic (exact) mass is 294 g/mol. The first-order chi connectivity index (χ1) is 9.08. The molecule has 20 heavy (non-hydrogen) atoms. The lowest BCUT2D eigenvalue weighted by Crippen LogP contribution is -2.43. The Bertz CT molecular complexity index is 458. The van der Waals surface area contributed by atoms with Gasteiger partial charge in [-0.05, 0) is 30.6 Å². The van der Waals surface area contributed by atoms with Crippen molar-refractivity contribution >= 4 is 14.3 Å². The Balaban J connectivity index is 3.09. The summed E-state index contributed by atoms with van der Waals surface area (Å²) >= 11 is 0. The van der Waals surface area contributed by atoms with E-state index in [9.17, 15) is 4.79 Å². The molecule has 1 aromatic carbocycles. The van der Waals surface area contributed by atoms with E-state index in [0.717, 1.165) is 11.1 Å².